The minimum absolute atomic E-state index is 0.523. The fraction of sp³-hybridized carbons (Fsp3) is 0.846. The molecule has 0 aliphatic heterocycles. The van der Waals surface area contributed by atoms with E-state index >= 15 is 0 Å². The van der Waals surface area contributed by atoms with Crippen LogP contribution in [0.25, 0.3) is 0 Å². The predicted octanol–water partition coefficient (Wildman–Crippen LogP) is 3.23. The van der Waals surface area contributed by atoms with Gasteiger partial charge in [0.2, 0.25) is 0 Å². The summed E-state index contributed by atoms with van der Waals surface area (Å²) in [6.07, 6.45) is 2.19. The molecule has 98 valence electrons. The van der Waals surface area contributed by atoms with Gasteiger partial charge in [0, 0.05) is 18.4 Å². The van der Waals surface area contributed by atoms with E-state index in [0.29, 0.717) is 17.9 Å². The summed E-state index contributed by atoms with van der Waals surface area (Å²) in [6, 6.07) is 0.570. The van der Waals surface area contributed by atoms with Crippen molar-refractivity contribution in [2.45, 2.75) is 59.4 Å². The molecule has 1 unspecified atom stereocenters. The van der Waals surface area contributed by atoms with E-state index in [1.165, 1.54) is 10.0 Å². The van der Waals surface area contributed by atoms with Crippen molar-refractivity contribution in [2.24, 2.45) is 5.92 Å². The highest BCUT2D eigenvalue weighted by molar-refractivity contribution is 7.11. The minimum Gasteiger partial charge on any atom is -0.315 e. The van der Waals surface area contributed by atoms with Crippen LogP contribution in [0.5, 0.6) is 0 Å². The average molecular weight is 255 g/mol. The number of hydrogen-bond donors (Lipinski definition) is 1. The van der Waals surface area contributed by atoms with Crippen LogP contribution in [0.4, 0.5) is 0 Å². The van der Waals surface area contributed by atoms with E-state index in [9.17, 15) is 0 Å². The number of nitrogens with one attached hydrogen (secondary N) is 1. The topological polar surface area (TPSA) is 37.8 Å². The van der Waals surface area contributed by atoms with E-state index in [2.05, 4.69) is 50.1 Å². The molecule has 0 fully saturated rings. The van der Waals surface area contributed by atoms with Crippen molar-refractivity contribution in [1.82, 2.24) is 15.5 Å². The Morgan fingerprint density at radius 3 is 2.41 bits per heavy atom. The number of aromatic nitrogens is 2. The van der Waals surface area contributed by atoms with Crippen molar-refractivity contribution in [3.63, 3.8) is 0 Å². The zero-order valence-electron chi connectivity index (χ0n) is 11.7. The Kier molecular flexibility index (Phi) is 6.06. The maximum absolute atomic E-state index is 4.30. The first-order valence-electron chi connectivity index (χ1n) is 6.56. The highest BCUT2D eigenvalue weighted by atomic mass is 32.1. The second-order valence-corrected chi connectivity index (χ2v) is 6.37. The maximum atomic E-state index is 4.30. The van der Waals surface area contributed by atoms with Gasteiger partial charge in [-0.2, -0.15) is 0 Å². The summed E-state index contributed by atoms with van der Waals surface area (Å²) < 4.78 is 0. The smallest absolute Gasteiger partial charge is 0.120 e. The van der Waals surface area contributed by atoms with E-state index in [4.69, 9.17) is 0 Å². The number of nitrogens with zero attached hydrogens (tertiary/aromatic N) is 2. The number of aryl methyl sites for hydroxylation is 1. The van der Waals surface area contributed by atoms with E-state index in [0.717, 1.165) is 19.4 Å². The quantitative estimate of drug-likeness (QED) is 0.760. The number of hydrogen-bond acceptors (Lipinski definition) is 4. The van der Waals surface area contributed by atoms with Crippen LogP contribution in [0, 0.1) is 5.92 Å². The third kappa shape index (κ3) is 5.13. The SMILES string of the molecule is CC(C)NCCCc1nnc(C(C)C(C)C)s1. The molecular weight excluding hydrogens is 230 g/mol. The van der Waals surface area contributed by atoms with Crippen LogP contribution in [0.15, 0.2) is 0 Å². The molecule has 1 aromatic rings. The highest BCUT2D eigenvalue weighted by Gasteiger charge is 2.15. The Balaban J connectivity index is 2.36. The van der Waals surface area contributed by atoms with E-state index in [1.54, 1.807) is 11.3 Å². The third-order valence-electron chi connectivity index (χ3n) is 2.99. The molecule has 1 aromatic heterocycles. The second-order valence-electron chi connectivity index (χ2n) is 5.28. The summed E-state index contributed by atoms with van der Waals surface area (Å²) in [5, 5.41) is 14.4. The minimum atomic E-state index is 0.523. The molecule has 4 heteroatoms. The van der Waals surface area contributed by atoms with Crippen molar-refractivity contribution < 1.29 is 0 Å². The zero-order chi connectivity index (χ0) is 12.8. The molecule has 0 saturated heterocycles. The van der Waals surface area contributed by atoms with Gasteiger partial charge < -0.3 is 5.32 Å². The van der Waals surface area contributed by atoms with Crippen molar-refractivity contribution in [3.8, 4) is 0 Å². The van der Waals surface area contributed by atoms with Gasteiger partial charge in [-0.15, -0.1) is 21.5 Å². The molecule has 0 saturated carbocycles. The van der Waals surface area contributed by atoms with Gasteiger partial charge in [0.1, 0.15) is 10.0 Å². The molecule has 3 nitrogen and oxygen atoms in total. The summed E-state index contributed by atoms with van der Waals surface area (Å²) in [5.41, 5.74) is 0. The first kappa shape index (κ1) is 14.6. The van der Waals surface area contributed by atoms with Crippen LogP contribution in [0.3, 0.4) is 0 Å². The molecule has 0 amide bonds. The molecule has 0 radical (unpaired) electrons. The Morgan fingerprint density at radius 2 is 1.82 bits per heavy atom. The number of rotatable bonds is 7. The molecule has 0 aliphatic rings. The van der Waals surface area contributed by atoms with Crippen molar-refractivity contribution in [1.29, 1.82) is 0 Å². The average Bonchev–Trinajstić information content (AvgIpc) is 2.71. The Bertz CT molecular complexity index is 320. The lowest BCUT2D eigenvalue weighted by Crippen LogP contribution is -2.23. The molecule has 0 spiro atoms. The van der Waals surface area contributed by atoms with Crippen LogP contribution in [0.1, 0.15) is 57.0 Å². The van der Waals surface area contributed by atoms with Crippen molar-refractivity contribution in [3.05, 3.63) is 10.0 Å². The van der Waals surface area contributed by atoms with Crippen molar-refractivity contribution >= 4 is 11.3 Å². The summed E-state index contributed by atoms with van der Waals surface area (Å²) in [7, 11) is 0. The molecule has 1 N–H and O–H groups in total. The molecule has 1 heterocycles. The van der Waals surface area contributed by atoms with Gasteiger partial charge in [-0.3, -0.25) is 0 Å². The van der Waals surface area contributed by atoms with Crippen LogP contribution >= 0.6 is 11.3 Å². The first-order chi connectivity index (χ1) is 8.00. The monoisotopic (exact) mass is 255 g/mol. The molecule has 0 bridgehead atoms. The van der Waals surface area contributed by atoms with Crippen LogP contribution in [0.2, 0.25) is 0 Å². The summed E-state index contributed by atoms with van der Waals surface area (Å²) in [5.74, 6) is 1.16. The standard InChI is InChI=1S/C13H25N3S/c1-9(2)11(5)13-16-15-12(17-13)7-6-8-14-10(3)4/h9-11,14H,6-8H2,1-5H3. The lowest BCUT2D eigenvalue weighted by Gasteiger charge is -2.10. The van der Waals surface area contributed by atoms with Gasteiger partial charge in [0.05, 0.1) is 0 Å². The Morgan fingerprint density at radius 1 is 1.12 bits per heavy atom. The predicted molar refractivity (Wildman–Crippen MR) is 74.6 cm³/mol. The lowest BCUT2D eigenvalue weighted by molar-refractivity contribution is 0.529. The van der Waals surface area contributed by atoms with Gasteiger partial charge >= 0.3 is 0 Å². The largest absolute Gasteiger partial charge is 0.315 e. The van der Waals surface area contributed by atoms with Gasteiger partial charge in [-0.1, -0.05) is 34.6 Å². The summed E-state index contributed by atoms with van der Waals surface area (Å²) >= 11 is 1.78. The van der Waals surface area contributed by atoms with Crippen LogP contribution in [-0.4, -0.2) is 22.8 Å². The van der Waals surface area contributed by atoms with E-state index in [1.807, 2.05) is 0 Å². The van der Waals surface area contributed by atoms with Crippen LogP contribution in [-0.2, 0) is 6.42 Å². The second kappa shape index (κ2) is 7.07. The summed E-state index contributed by atoms with van der Waals surface area (Å²) in [6.45, 7) is 12.1. The molecule has 0 aromatic carbocycles. The molecule has 17 heavy (non-hydrogen) atoms. The Labute approximate surface area is 109 Å². The normalized spacial score (nSPS) is 13.6. The Hall–Kier alpha value is -0.480. The molecule has 1 rings (SSSR count). The van der Waals surface area contributed by atoms with Crippen LogP contribution < -0.4 is 5.32 Å². The molecule has 0 aliphatic carbocycles. The first-order valence-corrected chi connectivity index (χ1v) is 7.38. The third-order valence-corrected chi connectivity index (χ3v) is 4.18. The fourth-order valence-electron chi connectivity index (χ4n) is 1.47. The van der Waals surface area contributed by atoms with Gasteiger partial charge in [-0.25, -0.2) is 0 Å². The molecule has 1 atom stereocenters. The lowest BCUT2D eigenvalue weighted by atomic mass is 9.99. The molecular formula is C13H25N3S. The maximum Gasteiger partial charge on any atom is 0.120 e. The van der Waals surface area contributed by atoms with Gasteiger partial charge in [-0.05, 0) is 18.9 Å². The fourth-order valence-corrected chi connectivity index (χ4v) is 2.58. The highest BCUT2D eigenvalue weighted by Crippen LogP contribution is 2.26. The van der Waals surface area contributed by atoms with E-state index < -0.39 is 0 Å². The zero-order valence-corrected chi connectivity index (χ0v) is 12.5. The summed E-state index contributed by atoms with van der Waals surface area (Å²) in [4.78, 5) is 0. The van der Waals surface area contributed by atoms with Gasteiger partial charge in [0.25, 0.3) is 0 Å². The van der Waals surface area contributed by atoms with Crippen molar-refractivity contribution in [2.75, 3.05) is 6.54 Å². The van der Waals surface area contributed by atoms with E-state index in [-0.39, 0.29) is 0 Å². The van der Waals surface area contributed by atoms with Gasteiger partial charge in [0.15, 0.2) is 0 Å².